The number of urea groups is 1. The van der Waals surface area contributed by atoms with E-state index < -0.39 is 17.7 Å². The molecule has 2 bridgehead atoms. The molecule has 2 unspecified atom stereocenters. The molecule has 0 spiro atoms. The molecule has 2 aliphatic heterocycles. The first-order valence-corrected chi connectivity index (χ1v) is 12.4. The van der Waals surface area contributed by atoms with Crippen molar-refractivity contribution >= 4 is 23.3 Å². The highest BCUT2D eigenvalue weighted by Gasteiger charge is 2.44. The van der Waals surface area contributed by atoms with Crippen molar-refractivity contribution in [3.63, 3.8) is 0 Å². The van der Waals surface area contributed by atoms with Gasteiger partial charge in [-0.2, -0.15) is 9.61 Å². The molecule has 1 aromatic carbocycles. The van der Waals surface area contributed by atoms with Crippen molar-refractivity contribution in [2.75, 3.05) is 5.73 Å². The number of carbonyl (C=O) groups excluding carboxylic acids is 2. The van der Waals surface area contributed by atoms with Gasteiger partial charge in [0, 0.05) is 47.0 Å². The molecule has 11 heteroatoms. The molecule has 194 valence electrons. The number of amides is 2. The number of nitrogens with two attached hydrogens (primary N) is 2. The molecular formula is C27H25F2N7O2. The number of fused-ring (bicyclic) bond motifs is 3. The van der Waals surface area contributed by atoms with E-state index in [1.54, 1.807) is 29.4 Å². The van der Waals surface area contributed by atoms with Crippen molar-refractivity contribution in [3.8, 4) is 22.4 Å². The average molecular weight is 518 g/mol. The maximum Gasteiger partial charge on any atom is 0.315 e. The van der Waals surface area contributed by atoms with Gasteiger partial charge in [0.1, 0.15) is 17.5 Å². The Morgan fingerprint density at radius 2 is 1.76 bits per heavy atom. The van der Waals surface area contributed by atoms with E-state index >= 15 is 0 Å². The first kappa shape index (κ1) is 24.0. The zero-order valence-electron chi connectivity index (χ0n) is 20.6. The van der Waals surface area contributed by atoms with Crippen LogP contribution in [0.3, 0.4) is 0 Å². The predicted molar refractivity (Wildman–Crippen MR) is 136 cm³/mol. The second kappa shape index (κ2) is 8.86. The second-order valence-corrected chi connectivity index (χ2v) is 9.96. The van der Waals surface area contributed by atoms with Crippen LogP contribution in [0.1, 0.15) is 54.6 Å². The second-order valence-electron chi connectivity index (χ2n) is 9.96. The van der Waals surface area contributed by atoms with Crippen molar-refractivity contribution in [2.45, 2.75) is 50.6 Å². The molecule has 4 N–H and O–H groups in total. The van der Waals surface area contributed by atoms with Crippen LogP contribution in [0.5, 0.6) is 0 Å². The summed E-state index contributed by atoms with van der Waals surface area (Å²) in [7, 11) is 0. The number of primary amides is 1. The van der Waals surface area contributed by atoms with Gasteiger partial charge in [-0.25, -0.2) is 18.6 Å². The Morgan fingerprint density at radius 1 is 1.03 bits per heavy atom. The number of anilines is 1. The van der Waals surface area contributed by atoms with Crippen LogP contribution in [-0.2, 0) is 0 Å². The fourth-order valence-corrected chi connectivity index (χ4v) is 6.06. The van der Waals surface area contributed by atoms with Gasteiger partial charge in [-0.05, 0) is 50.8 Å². The van der Waals surface area contributed by atoms with E-state index in [0.29, 0.717) is 46.6 Å². The maximum atomic E-state index is 14.2. The summed E-state index contributed by atoms with van der Waals surface area (Å²) in [6, 6.07) is 6.32. The third kappa shape index (κ3) is 3.77. The zero-order valence-corrected chi connectivity index (χ0v) is 20.6. The van der Waals surface area contributed by atoms with Crippen LogP contribution in [0.2, 0.25) is 0 Å². The minimum absolute atomic E-state index is 0.00305. The minimum Gasteiger partial charge on any atom is -0.383 e. The van der Waals surface area contributed by atoms with Gasteiger partial charge in [-0.3, -0.25) is 9.78 Å². The number of piperidine rings is 1. The SMILES string of the molecule is CC(=O)c1c(C2CC3CC[C@@H](C2)N3C(N)=O)nc2c(-c3ccc(-c4ccc(F)cc4F)nc3)cnn2c1N. The first-order valence-electron chi connectivity index (χ1n) is 12.4. The van der Waals surface area contributed by atoms with Crippen LogP contribution in [0.25, 0.3) is 28.0 Å². The molecule has 3 aromatic heterocycles. The summed E-state index contributed by atoms with van der Waals surface area (Å²) in [6.07, 6.45) is 6.18. The van der Waals surface area contributed by atoms with E-state index in [-0.39, 0.29) is 35.2 Å². The highest BCUT2D eigenvalue weighted by atomic mass is 19.1. The summed E-state index contributed by atoms with van der Waals surface area (Å²) < 4.78 is 29.0. The molecule has 2 amide bonds. The number of pyridine rings is 1. The van der Waals surface area contributed by atoms with E-state index in [1.807, 2.05) is 0 Å². The maximum absolute atomic E-state index is 14.2. The molecule has 0 radical (unpaired) electrons. The average Bonchev–Trinajstić information content (AvgIpc) is 3.42. The van der Waals surface area contributed by atoms with E-state index in [1.165, 1.54) is 23.6 Å². The summed E-state index contributed by atoms with van der Waals surface area (Å²) in [4.78, 5) is 35.7. The normalized spacial score (nSPS) is 20.7. The Bertz CT molecular complexity index is 1590. The van der Waals surface area contributed by atoms with E-state index in [4.69, 9.17) is 16.5 Å². The van der Waals surface area contributed by atoms with Crippen LogP contribution >= 0.6 is 0 Å². The Morgan fingerprint density at radius 3 is 2.37 bits per heavy atom. The third-order valence-electron chi connectivity index (χ3n) is 7.72. The Balaban J connectivity index is 1.41. The fourth-order valence-electron chi connectivity index (χ4n) is 6.06. The molecule has 4 aromatic rings. The van der Waals surface area contributed by atoms with Gasteiger partial charge in [0.15, 0.2) is 11.4 Å². The first-order chi connectivity index (χ1) is 18.2. The molecule has 2 saturated heterocycles. The van der Waals surface area contributed by atoms with Gasteiger partial charge in [0.25, 0.3) is 0 Å². The highest BCUT2D eigenvalue weighted by molar-refractivity contribution is 6.00. The number of carbonyl (C=O) groups is 2. The van der Waals surface area contributed by atoms with Crippen molar-refractivity contribution in [3.05, 3.63) is 65.6 Å². The summed E-state index contributed by atoms with van der Waals surface area (Å²) in [6.45, 7) is 1.46. The Hall–Kier alpha value is -4.41. The summed E-state index contributed by atoms with van der Waals surface area (Å²) >= 11 is 0. The van der Waals surface area contributed by atoms with Gasteiger partial charge in [-0.15, -0.1) is 0 Å². The molecule has 5 heterocycles. The van der Waals surface area contributed by atoms with Crippen LogP contribution in [0.4, 0.5) is 19.4 Å². The van der Waals surface area contributed by atoms with Crippen LogP contribution in [0, 0.1) is 11.6 Å². The van der Waals surface area contributed by atoms with Gasteiger partial charge < -0.3 is 16.4 Å². The van der Waals surface area contributed by atoms with Gasteiger partial charge >= 0.3 is 6.03 Å². The number of Topliss-reactive ketones (excluding diaryl/α,β-unsaturated/α-hetero) is 1. The summed E-state index contributed by atoms with van der Waals surface area (Å²) in [5.74, 6) is -1.44. The van der Waals surface area contributed by atoms with E-state index in [0.717, 1.165) is 18.9 Å². The lowest BCUT2D eigenvalue weighted by atomic mass is 9.85. The smallest absolute Gasteiger partial charge is 0.315 e. The molecule has 9 nitrogen and oxygen atoms in total. The number of hydrogen-bond acceptors (Lipinski definition) is 6. The minimum atomic E-state index is -0.701. The lowest BCUT2D eigenvalue weighted by Gasteiger charge is -2.38. The summed E-state index contributed by atoms with van der Waals surface area (Å²) in [5, 5.41) is 4.38. The molecule has 2 aliphatic rings. The molecule has 2 fully saturated rings. The monoisotopic (exact) mass is 517 g/mol. The number of nitrogen functional groups attached to an aromatic ring is 1. The quantitative estimate of drug-likeness (QED) is 0.388. The lowest BCUT2D eigenvalue weighted by Crippen LogP contribution is -2.48. The third-order valence-corrected chi connectivity index (χ3v) is 7.72. The number of hydrogen-bond donors (Lipinski definition) is 2. The van der Waals surface area contributed by atoms with Gasteiger partial charge in [-0.1, -0.05) is 6.07 Å². The number of benzene rings is 1. The standard InChI is InChI=1S/C27H25F2N7O2/c1-13(37)23-24(15-8-17-4-5-18(9-15)35(17)27(31)38)34-26-20(12-33-36(26)25(23)30)14-2-7-22(32-11-14)19-6-3-16(28)10-21(19)29/h2-3,6-7,10-12,15,17-18H,4-5,8-9,30H2,1H3,(H2,31,38)/t15?,17-,18?/m0/s1. The Kier molecular flexibility index (Phi) is 5.59. The van der Waals surface area contributed by atoms with Crippen LogP contribution < -0.4 is 11.5 Å². The number of nitrogens with zero attached hydrogens (tertiary/aromatic N) is 5. The van der Waals surface area contributed by atoms with Crippen molar-refractivity contribution in [1.29, 1.82) is 0 Å². The number of rotatable bonds is 4. The van der Waals surface area contributed by atoms with Gasteiger partial charge in [0.2, 0.25) is 0 Å². The summed E-state index contributed by atoms with van der Waals surface area (Å²) in [5.41, 5.74) is 15.4. The molecule has 6 rings (SSSR count). The fraction of sp³-hybridized carbons (Fsp3) is 0.296. The number of ketones is 1. The zero-order chi connectivity index (χ0) is 26.7. The lowest BCUT2D eigenvalue weighted by molar-refractivity contribution is 0.101. The van der Waals surface area contributed by atoms with E-state index in [2.05, 4.69) is 10.1 Å². The molecular weight excluding hydrogens is 492 g/mol. The Labute approximate surface area is 216 Å². The molecule has 3 atom stereocenters. The predicted octanol–water partition coefficient (Wildman–Crippen LogP) is 4.31. The topological polar surface area (TPSA) is 132 Å². The highest BCUT2D eigenvalue weighted by Crippen LogP contribution is 2.44. The van der Waals surface area contributed by atoms with Crippen LogP contribution in [0.15, 0.2) is 42.7 Å². The van der Waals surface area contributed by atoms with E-state index in [9.17, 15) is 18.4 Å². The number of aromatic nitrogens is 4. The van der Waals surface area contributed by atoms with Crippen molar-refractivity contribution in [1.82, 2.24) is 24.5 Å². The molecule has 0 saturated carbocycles. The number of halogens is 2. The van der Waals surface area contributed by atoms with Crippen molar-refractivity contribution in [2.24, 2.45) is 5.73 Å². The van der Waals surface area contributed by atoms with Gasteiger partial charge in [0.05, 0.1) is 23.1 Å². The van der Waals surface area contributed by atoms with Crippen molar-refractivity contribution < 1.29 is 18.4 Å². The van der Waals surface area contributed by atoms with Crippen LogP contribution in [-0.4, -0.2) is 48.4 Å². The molecule has 38 heavy (non-hydrogen) atoms. The largest absolute Gasteiger partial charge is 0.383 e. The molecule has 0 aliphatic carbocycles.